The smallest absolute Gasteiger partial charge is 0.141 e. The molecular weight excluding hydrogens is 224 g/mol. The Hall–Kier alpha value is -1.22. The van der Waals surface area contributed by atoms with E-state index in [0.717, 1.165) is 36.1 Å². The average molecular weight is 248 g/mol. The predicted molar refractivity (Wildman–Crippen MR) is 76.0 cm³/mol. The number of benzene rings is 1. The van der Waals surface area contributed by atoms with E-state index in [1.165, 1.54) is 0 Å². The first kappa shape index (κ1) is 13.2. The molecule has 0 aromatic heterocycles. The average Bonchev–Trinajstić information content (AvgIpc) is 2.33. The molecule has 0 spiro atoms. The Kier molecular flexibility index (Phi) is 3.81. The maximum Gasteiger partial charge on any atom is 0.141 e. The highest BCUT2D eigenvalue weighted by Crippen LogP contribution is 2.44. The molecule has 1 aliphatic carbocycles. The lowest BCUT2D eigenvalue weighted by molar-refractivity contribution is 0.129. The molecule has 0 heterocycles. The van der Waals surface area contributed by atoms with E-state index in [1.54, 1.807) is 7.11 Å². The molecule has 0 saturated heterocycles. The van der Waals surface area contributed by atoms with E-state index in [2.05, 4.69) is 25.2 Å². The molecule has 18 heavy (non-hydrogen) atoms. The quantitative estimate of drug-likeness (QED) is 0.842. The van der Waals surface area contributed by atoms with Crippen molar-refractivity contribution in [2.45, 2.75) is 32.2 Å². The lowest BCUT2D eigenvalue weighted by Gasteiger charge is -2.50. The maximum absolute atomic E-state index is 5.97. The third-order valence-corrected chi connectivity index (χ3v) is 4.15. The molecule has 3 N–H and O–H groups in total. The van der Waals surface area contributed by atoms with Gasteiger partial charge in [0.25, 0.3) is 0 Å². The first-order valence-electron chi connectivity index (χ1n) is 6.71. The number of hydrogen-bond donors (Lipinski definition) is 2. The molecule has 0 atom stereocenters. The van der Waals surface area contributed by atoms with Crippen molar-refractivity contribution in [3.8, 4) is 5.75 Å². The van der Waals surface area contributed by atoms with Gasteiger partial charge in [0, 0.05) is 6.54 Å². The summed E-state index contributed by atoms with van der Waals surface area (Å²) in [4.78, 5) is 0. The van der Waals surface area contributed by atoms with Crippen molar-refractivity contribution in [1.29, 1.82) is 0 Å². The number of nitrogens with two attached hydrogens (primary N) is 1. The van der Waals surface area contributed by atoms with Crippen molar-refractivity contribution >= 4 is 5.69 Å². The van der Waals surface area contributed by atoms with Crippen LogP contribution >= 0.6 is 0 Å². The van der Waals surface area contributed by atoms with E-state index < -0.39 is 0 Å². The molecule has 1 aromatic carbocycles. The summed E-state index contributed by atoms with van der Waals surface area (Å²) >= 11 is 0. The van der Waals surface area contributed by atoms with Gasteiger partial charge in [0.1, 0.15) is 5.75 Å². The van der Waals surface area contributed by atoms with E-state index in [4.69, 9.17) is 10.5 Å². The fourth-order valence-electron chi connectivity index (χ4n) is 2.77. The molecule has 2 rings (SSSR count). The Bertz CT molecular complexity index is 397. The Balaban J connectivity index is 2.08. The topological polar surface area (TPSA) is 47.3 Å². The third-order valence-electron chi connectivity index (χ3n) is 4.15. The van der Waals surface area contributed by atoms with Gasteiger partial charge in [-0.1, -0.05) is 26.0 Å². The molecule has 1 saturated carbocycles. The molecule has 1 aromatic rings. The van der Waals surface area contributed by atoms with Gasteiger partial charge >= 0.3 is 0 Å². The summed E-state index contributed by atoms with van der Waals surface area (Å²) in [5.74, 6) is 2.42. The second-order valence-electron chi connectivity index (χ2n) is 5.72. The summed E-state index contributed by atoms with van der Waals surface area (Å²) in [6, 6.07) is 8.04. The van der Waals surface area contributed by atoms with Crippen molar-refractivity contribution in [1.82, 2.24) is 0 Å². The van der Waals surface area contributed by atoms with Crippen molar-refractivity contribution in [2.24, 2.45) is 17.6 Å². The van der Waals surface area contributed by atoms with E-state index in [9.17, 15) is 0 Å². The minimum Gasteiger partial charge on any atom is -0.495 e. The number of para-hydroxylation sites is 2. The molecule has 0 unspecified atom stereocenters. The first-order valence-corrected chi connectivity index (χ1v) is 6.71. The highest BCUT2D eigenvalue weighted by molar-refractivity contribution is 5.58. The molecule has 0 radical (unpaired) electrons. The van der Waals surface area contributed by atoms with Crippen LogP contribution in [0.3, 0.4) is 0 Å². The first-order chi connectivity index (χ1) is 8.60. The summed E-state index contributed by atoms with van der Waals surface area (Å²) in [6.07, 6.45) is 2.30. The van der Waals surface area contributed by atoms with Gasteiger partial charge in [-0.05, 0) is 36.8 Å². The minimum absolute atomic E-state index is 0.0591. The van der Waals surface area contributed by atoms with Gasteiger partial charge < -0.3 is 15.8 Å². The van der Waals surface area contributed by atoms with Crippen molar-refractivity contribution in [2.75, 3.05) is 19.0 Å². The van der Waals surface area contributed by atoms with Crippen LogP contribution in [0.1, 0.15) is 26.7 Å². The number of rotatable bonds is 5. The minimum atomic E-state index is 0.0591. The Labute approximate surface area is 110 Å². The largest absolute Gasteiger partial charge is 0.495 e. The highest BCUT2D eigenvalue weighted by Gasteiger charge is 2.44. The van der Waals surface area contributed by atoms with Gasteiger partial charge in [-0.25, -0.2) is 0 Å². The molecule has 3 heteroatoms. The van der Waals surface area contributed by atoms with Crippen LogP contribution in [0.2, 0.25) is 0 Å². The van der Waals surface area contributed by atoms with Crippen LogP contribution in [0.4, 0.5) is 5.69 Å². The van der Waals surface area contributed by atoms with Crippen LogP contribution in [-0.2, 0) is 0 Å². The van der Waals surface area contributed by atoms with Crippen molar-refractivity contribution < 1.29 is 4.74 Å². The molecule has 1 aliphatic rings. The summed E-state index contributed by atoms with van der Waals surface area (Å²) in [7, 11) is 1.70. The van der Waals surface area contributed by atoms with Crippen LogP contribution < -0.4 is 15.8 Å². The molecule has 100 valence electrons. The number of anilines is 1. The van der Waals surface area contributed by atoms with Gasteiger partial charge in [0.05, 0.1) is 18.3 Å². The fraction of sp³-hybridized carbons (Fsp3) is 0.600. The van der Waals surface area contributed by atoms with Gasteiger partial charge in [-0.3, -0.25) is 0 Å². The molecule has 1 fully saturated rings. The second-order valence-corrected chi connectivity index (χ2v) is 5.72. The number of methoxy groups -OCH3 is 1. The number of ether oxygens (including phenoxy) is 1. The number of hydrogen-bond acceptors (Lipinski definition) is 3. The van der Waals surface area contributed by atoms with Crippen LogP contribution in [0.25, 0.3) is 0 Å². The van der Waals surface area contributed by atoms with Crippen LogP contribution in [0.15, 0.2) is 24.3 Å². The van der Waals surface area contributed by atoms with Gasteiger partial charge in [0.15, 0.2) is 0 Å². The second kappa shape index (κ2) is 5.19. The maximum atomic E-state index is 5.97. The monoisotopic (exact) mass is 248 g/mol. The standard InChI is InChI=1S/C15H24N2O/c1-11(2)12-8-15(9-12,10-16)17-13-6-4-5-7-14(13)18-3/h4-7,11-12,17H,8-10,16H2,1-3H3. The van der Waals surface area contributed by atoms with E-state index in [0.29, 0.717) is 6.54 Å². The summed E-state index contributed by atoms with van der Waals surface area (Å²) in [6.45, 7) is 5.25. The molecule has 0 aliphatic heterocycles. The third kappa shape index (κ3) is 2.46. The van der Waals surface area contributed by atoms with Crippen LogP contribution in [0, 0.1) is 11.8 Å². The SMILES string of the molecule is COc1ccccc1NC1(CN)CC(C(C)C)C1. The van der Waals surface area contributed by atoms with Gasteiger partial charge in [0.2, 0.25) is 0 Å². The van der Waals surface area contributed by atoms with Crippen molar-refractivity contribution in [3.63, 3.8) is 0 Å². The van der Waals surface area contributed by atoms with E-state index in [-0.39, 0.29) is 5.54 Å². The van der Waals surface area contributed by atoms with E-state index >= 15 is 0 Å². The highest BCUT2D eigenvalue weighted by atomic mass is 16.5. The fourth-order valence-corrected chi connectivity index (χ4v) is 2.77. The molecule has 3 nitrogen and oxygen atoms in total. The van der Waals surface area contributed by atoms with Crippen LogP contribution in [-0.4, -0.2) is 19.2 Å². The summed E-state index contributed by atoms with van der Waals surface area (Å²) in [5, 5.41) is 3.60. The molecular formula is C15H24N2O. The lowest BCUT2D eigenvalue weighted by Crippen LogP contribution is -2.56. The van der Waals surface area contributed by atoms with Crippen molar-refractivity contribution in [3.05, 3.63) is 24.3 Å². The molecule has 0 amide bonds. The zero-order chi connectivity index (χ0) is 13.2. The van der Waals surface area contributed by atoms with Gasteiger partial charge in [-0.2, -0.15) is 0 Å². The zero-order valence-corrected chi connectivity index (χ0v) is 11.6. The predicted octanol–water partition coefficient (Wildman–Crippen LogP) is 2.87. The zero-order valence-electron chi connectivity index (χ0n) is 11.6. The summed E-state index contributed by atoms with van der Waals surface area (Å²) in [5.41, 5.74) is 7.08. The molecule has 0 bridgehead atoms. The normalized spacial score (nSPS) is 26.8. The summed E-state index contributed by atoms with van der Waals surface area (Å²) < 4.78 is 5.38. The Morgan fingerprint density at radius 2 is 2.06 bits per heavy atom. The number of nitrogens with one attached hydrogen (secondary N) is 1. The van der Waals surface area contributed by atoms with E-state index in [1.807, 2.05) is 18.2 Å². The van der Waals surface area contributed by atoms with Crippen LogP contribution in [0.5, 0.6) is 5.75 Å². The Morgan fingerprint density at radius 3 is 2.61 bits per heavy atom. The lowest BCUT2D eigenvalue weighted by atomic mass is 9.64. The Morgan fingerprint density at radius 1 is 1.39 bits per heavy atom. The van der Waals surface area contributed by atoms with Gasteiger partial charge in [-0.15, -0.1) is 0 Å².